The van der Waals surface area contributed by atoms with E-state index in [0.717, 1.165) is 6.92 Å². The van der Waals surface area contributed by atoms with E-state index in [9.17, 15) is 22.8 Å². The van der Waals surface area contributed by atoms with Gasteiger partial charge in [-0.25, -0.2) is 0 Å². The van der Waals surface area contributed by atoms with Crippen molar-refractivity contribution in [1.29, 1.82) is 0 Å². The van der Waals surface area contributed by atoms with Crippen molar-refractivity contribution in [3.05, 3.63) is 35.9 Å². The lowest BCUT2D eigenvalue weighted by Gasteiger charge is -2.26. The van der Waals surface area contributed by atoms with Gasteiger partial charge in [-0.05, 0) is 5.56 Å². The molecule has 19 heavy (non-hydrogen) atoms. The third-order valence-corrected chi connectivity index (χ3v) is 2.47. The lowest BCUT2D eigenvalue weighted by atomic mass is 9.92. The molecule has 0 aromatic heterocycles. The first-order valence-electron chi connectivity index (χ1n) is 5.35. The van der Waals surface area contributed by atoms with Gasteiger partial charge in [0.15, 0.2) is 5.92 Å². The Bertz CT molecular complexity index is 459. The molecule has 104 valence electrons. The summed E-state index contributed by atoms with van der Waals surface area (Å²) in [4.78, 5) is 21.9. The number of benzene rings is 1. The molecule has 0 aliphatic rings. The first-order chi connectivity index (χ1) is 8.73. The third kappa shape index (κ3) is 3.97. The number of hydrogen-bond donors (Lipinski definition) is 2. The molecule has 0 saturated heterocycles. The fourth-order valence-electron chi connectivity index (χ4n) is 1.71. The number of halogens is 3. The van der Waals surface area contributed by atoms with Crippen molar-refractivity contribution in [3.63, 3.8) is 0 Å². The van der Waals surface area contributed by atoms with E-state index in [0.29, 0.717) is 0 Å². The van der Waals surface area contributed by atoms with E-state index in [1.54, 1.807) is 6.07 Å². The molecule has 0 heterocycles. The van der Waals surface area contributed by atoms with Crippen molar-refractivity contribution < 1.29 is 27.9 Å². The molecule has 1 rings (SSSR count). The number of carboxylic acids is 1. The van der Waals surface area contributed by atoms with Crippen LogP contribution in [0.1, 0.15) is 18.5 Å². The van der Waals surface area contributed by atoms with E-state index in [1.807, 2.05) is 5.32 Å². The maximum atomic E-state index is 12.8. The summed E-state index contributed by atoms with van der Waals surface area (Å²) >= 11 is 0. The zero-order chi connectivity index (χ0) is 14.6. The summed E-state index contributed by atoms with van der Waals surface area (Å²) in [5.74, 6) is -5.46. The van der Waals surface area contributed by atoms with Crippen molar-refractivity contribution >= 4 is 11.9 Å². The molecule has 0 saturated carbocycles. The summed E-state index contributed by atoms with van der Waals surface area (Å²) in [6.07, 6.45) is -4.96. The average Bonchev–Trinajstić information content (AvgIpc) is 2.26. The average molecular weight is 275 g/mol. The fourth-order valence-corrected chi connectivity index (χ4v) is 1.71. The first kappa shape index (κ1) is 15.0. The molecule has 0 aliphatic heterocycles. The van der Waals surface area contributed by atoms with Crippen LogP contribution in [0.4, 0.5) is 13.2 Å². The van der Waals surface area contributed by atoms with Crippen molar-refractivity contribution in [2.24, 2.45) is 5.92 Å². The predicted octanol–water partition coefficient (Wildman–Crippen LogP) is 2.13. The molecule has 2 unspecified atom stereocenters. The normalized spacial score (nSPS) is 14.5. The van der Waals surface area contributed by atoms with Crippen LogP contribution in [0.25, 0.3) is 0 Å². The lowest BCUT2D eigenvalue weighted by Crippen LogP contribution is -2.43. The van der Waals surface area contributed by atoms with Gasteiger partial charge in [-0.15, -0.1) is 0 Å². The van der Waals surface area contributed by atoms with Gasteiger partial charge in [0.1, 0.15) is 0 Å². The molecule has 1 aromatic carbocycles. The van der Waals surface area contributed by atoms with Gasteiger partial charge in [0.2, 0.25) is 5.91 Å². The minimum Gasteiger partial charge on any atom is -0.481 e. The monoisotopic (exact) mass is 275 g/mol. The quantitative estimate of drug-likeness (QED) is 0.884. The molecule has 1 amide bonds. The van der Waals surface area contributed by atoms with Crippen LogP contribution in [0.3, 0.4) is 0 Å². The molecule has 0 radical (unpaired) electrons. The highest BCUT2D eigenvalue weighted by molar-refractivity contribution is 5.77. The Morgan fingerprint density at radius 2 is 1.74 bits per heavy atom. The van der Waals surface area contributed by atoms with E-state index in [2.05, 4.69) is 0 Å². The van der Waals surface area contributed by atoms with Gasteiger partial charge in [-0.2, -0.15) is 13.2 Å². The van der Waals surface area contributed by atoms with Crippen LogP contribution in [0.5, 0.6) is 0 Å². The second-order valence-corrected chi connectivity index (χ2v) is 3.95. The van der Waals surface area contributed by atoms with Crippen LogP contribution in [0.2, 0.25) is 0 Å². The number of aliphatic carboxylic acids is 1. The van der Waals surface area contributed by atoms with E-state index in [4.69, 9.17) is 5.11 Å². The molecule has 2 N–H and O–H groups in total. The highest BCUT2D eigenvalue weighted by Crippen LogP contribution is 2.36. The van der Waals surface area contributed by atoms with Crippen molar-refractivity contribution in [2.75, 3.05) is 0 Å². The Labute approximate surface area is 107 Å². The summed E-state index contributed by atoms with van der Waals surface area (Å²) < 4.78 is 38.5. The predicted molar refractivity (Wildman–Crippen MR) is 60.2 cm³/mol. The van der Waals surface area contributed by atoms with E-state index in [1.165, 1.54) is 24.3 Å². The van der Waals surface area contributed by atoms with Gasteiger partial charge in [0.25, 0.3) is 0 Å². The number of nitrogens with one attached hydrogen (secondary N) is 1. The molecular formula is C12H12F3NO3. The van der Waals surface area contributed by atoms with Crippen LogP contribution >= 0.6 is 0 Å². The highest BCUT2D eigenvalue weighted by atomic mass is 19.4. The van der Waals surface area contributed by atoms with Gasteiger partial charge < -0.3 is 10.4 Å². The molecule has 2 atom stereocenters. The summed E-state index contributed by atoms with van der Waals surface area (Å²) in [7, 11) is 0. The number of carboxylic acid groups (broad SMARTS) is 1. The van der Waals surface area contributed by atoms with E-state index >= 15 is 0 Å². The second kappa shape index (κ2) is 5.73. The largest absolute Gasteiger partial charge is 0.481 e. The summed E-state index contributed by atoms with van der Waals surface area (Å²) in [6.45, 7) is 1.03. The van der Waals surface area contributed by atoms with Crippen molar-refractivity contribution in [3.8, 4) is 0 Å². The number of hydrogen-bond acceptors (Lipinski definition) is 2. The van der Waals surface area contributed by atoms with Gasteiger partial charge in [0.05, 0.1) is 6.04 Å². The molecule has 0 fully saturated rings. The van der Waals surface area contributed by atoms with E-state index in [-0.39, 0.29) is 5.56 Å². The molecule has 4 nitrogen and oxygen atoms in total. The first-order valence-corrected chi connectivity index (χ1v) is 5.35. The molecule has 7 heteroatoms. The smallest absolute Gasteiger partial charge is 0.404 e. The SMILES string of the molecule is CC(=O)NC(c1ccccc1)C(C(=O)O)C(F)(F)F. The fraction of sp³-hybridized carbons (Fsp3) is 0.333. The van der Waals surface area contributed by atoms with Gasteiger partial charge in [-0.3, -0.25) is 9.59 Å². The number of amides is 1. The van der Waals surface area contributed by atoms with Gasteiger partial charge >= 0.3 is 12.1 Å². The van der Waals surface area contributed by atoms with Gasteiger partial charge in [-0.1, -0.05) is 30.3 Å². The number of carbonyl (C=O) groups is 2. The molecule has 1 aromatic rings. The second-order valence-electron chi connectivity index (χ2n) is 3.95. The Kier molecular flexibility index (Phi) is 4.52. The van der Waals surface area contributed by atoms with Crippen molar-refractivity contribution in [2.45, 2.75) is 19.1 Å². The van der Waals surface area contributed by atoms with Gasteiger partial charge in [0, 0.05) is 6.92 Å². The number of rotatable bonds is 4. The third-order valence-electron chi connectivity index (χ3n) is 2.47. The summed E-state index contributed by atoms with van der Waals surface area (Å²) in [5.41, 5.74) is 0.0856. The summed E-state index contributed by atoms with van der Waals surface area (Å²) in [6, 6.07) is 5.54. The molecular weight excluding hydrogens is 263 g/mol. The van der Waals surface area contributed by atoms with Crippen molar-refractivity contribution in [1.82, 2.24) is 5.32 Å². The number of alkyl halides is 3. The van der Waals surface area contributed by atoms with Crippen LogP contribution in [0.15, 0.2) is 30.3 Å². The van der Waals surface area contributed by atoms with Crippen LogP contribution in [-0.2, 0) is 9.59 Å². The minimum absolute atomic E-state index is 0.0856. The molecule has 0 aliphatic carbocycles. The molecule has 0 bridgehead atoms. The number of carbonyl (C=O) groups excluding carboxylic acids is 1. The zero-order valence-corrected chi connectivity index (χ0v) is 9.94. The Morgan fingerprint density at radius 3 is 2.11 bits per heavy atom. The minimum atomic E-state index is -4.96. The Morgan fingerprint density at radius 1 is 1.21 bits per heavy atom. The standard InChI is InChI=1S/C12H12F3NO3/c1-7(17)16-10(8-5-3-2-4-6-8)9(11(18)19)12(13,14)15/h2-6,9-10H,1H3,(H,16,17)(H,18,19). The molecule has 0 spiro atoms. The summed E-state index contributed by atoms with van der Waals surface area (Å²) in [5, 5.41) is 10.8. The topological polar surface area (TPSA) is 66.4 Å². The van der Waals surface area contributed by atoms with Crippen LogP contribution in [0, 0.1) is 5.92 Å². The maximum absolute atomic E-state index is 12.8. The Balaban J connectivity index is 3.22. The lowest BCUT2D eigenvalue weighted by molar-refractivity contribution is -0.199. The van der Waals surface area contributed by atoms with E-state index < -0.39 is 30.0 Å². The highest BCUT2D eigenvalue weighted by Gasteiger charge is 2.50. The maximum Gasteiger partial charge on any atom is 0.404 e. The Hall–Kier alpha value is -2.05. The van der Waals surface area contributed by atoms with Crippen LogP contribution < -0.4 is 5.32 Å². The van der Waals surface area contributed by atoms with Crippen LogP contribution in [-0.4, -0.2) is 23.2 Å². The zero-order valence-electron chi connectivity index (χ0n) is 9.94.